The standard InChI is InChI=1S/C30H40ClN3O4/c1-5-28-32-11-14-34(28)13-7-15-37-26-9-8-24(18-27(26)36-4)19-33-12-6-10-30(35,20-33)21-38-25-16-22(2)29(31)23(3)17-25/h8-9,11,14,16-18,35H,5-7,10,12-13,15,19-21H2,1-4H3. The summed E-state index contributed by atoms with van der Waals surface area (Å²) in [6.45, 7) is 9.97. The lowest BCUT2D eigenvalue weighted by atomic mass is 9.93. The van der Waals surface area contributed by atoms with Crippen molar-refractivity contribution in [3.63, 3.8) is 0 Å². The van der Waals surface area contributed by atoms with Crippen LogP contribution in [0.2, 0.25) is 5.02 Å². The van der Waals surface area contributed by atoms with Gasteiger partial charge in [0.25, 0.3) is 0 Å². The fourth-order valence-electron chi connectivity index (χ4n) is 5.13. The molecule has 1 N–H and O–H groups in total. The normalized spacial score (nSPS) is 17.9. The van der Waals surface area contributed by atoms with Crippen molar-refractivity contribution in [2.75, 3.05) is 33.4 Å². The van der Waals surface area contributed by atoms with E-state index in [1.54, 1.807) is 7.11 Å². The summed E-state index contributed by atoms with van der Waals surface area (Å²) in [5.41, 5.74) is 2.17. The van der Waals surface area contributed by atoms with E-state index in [9.17, 15) is 5.11 Å². The van der Waals surface area contributed by atoms with Gasteiger partial charge in [-0.15, -0.1) is 0 Å². The molecule has 0 aliphatic carbocycles. The van der Waals surface area contributed by atoms with Gasteiger partial charge in [-0.2, -0.15) is 0 Å². The lowest BCUT2D eigenvalue weighted by Gasteiger charge is -2.39. The highest BCUT2D eigenvalue weighted by Gasteiger charge is 2.34. The van der Waals surface area contributed by atoms with Gasteiger partial charge < -0.3 is 23.9 Å². The maximum atomic E-state index is 11.3. The third kappa shape index (κ3) is 7.22. The van der Waals surface area contributed by atoms with Crippen molar-refractivity contribution < 1.29 is 19.3 Å². The number of piperidine rings is 1. The fraction of sp³-hybridized carbons (Fsp3) is 0.500. The molecule has 0 bridgehead atoms. The first kappa shape index (κ1) is 28.3. The topological polar surface area (TPSA) is 69.0 Å². The third-order valence-corrected chi connectivity index (χ3v) is 7.70. The number of aryl methyl sites for hydroxylation is 4. The number of hydrogen-bond acceptors (Lipinski definition) is 6. The second kappa shape index (κ2) is 12.9. The number of ether oxygens (including phenoxy) is 3. The Morgan fingerprint density at radius 1 is 1.11 bits per heavy atom. The largest absolute Gasteiger partial charge is 0.493 e. The van der Waals surface area contributed by atoms with E-state index >= 15 is 0 Å². The molecule has 1 aromatic heterocycles. The molecule has 0 radical (unpaired) electrons. The molecule has 38 heavy (non-hydrogen) atoms. The summed E-state index contributed by atoms with van der Waals surface area (Å²) in [5, 5.41) is 12.1. The maximum absolute atomic E-state index is 11.3. The maximum Gasteiger partial charge on any atom is 0.161 e. The molecule has 0 spiro atoms. The zero-order chi connectivity index (χ0) is 27.1. The molecule has 1 unspecified atom stereocenters. The third-order valence-electron chi connectivity index (χ3n) is 7.10. The van der Waals surface area contributed by atoms with Gasteiger partial charge in [-0.3, -0.25) is 4.90 Å². The predicted octanol–water partition coefficient (Wildman–Crippen LogP) is 5.60. The average molecular weight is 542 g/mol. The van der Waals surface area contributed by atoms with E-state index < -0.39 is 5.60 Å². The van der Waals surface area contributed by atoms with Crippen LogP contribution in [0.4, 0.5) is 0 Å². The van der Waals surface area contributed by atoms with Crippen LogP contribution < -0.4 is 14.2 Å². The summed E-state index contributed by atoms with van der Waals surface area (Å²) in [6.07, 6.45) is 7.29. The lowest BCUT2D eigenvalue weighted by Crippen LogP contribution is -2.51. The Hall–Kier alpha value is -2.74. The molecular formula is C30H40ClN3O4. The number of hydrogen-bond donors (Lipinski definition) is 1. The molecule has 1 atom stereocenters. The Labute approximate surface area is 231 Å². The van der Waals surface area contributed by atoms with Crippen LogP contribution in [0.15, 0.2) is 42.7 Å². The van der Waals surface area contributed by atoms with Gasteiger partial charge in [-0.1, -0.05) is 24.6 Å². The molecule has 7 nitrogen and oxygen atoms in total. The molecule has 8 heteroatoms. The number of benzene rings is 2. The van der Waals surface area contributed by atoms with Gasteiger partial charge in [0.15, 0.2) is 11.5 Å². The second-order valence-electron chi connectivity index (χ2n) is 10.3. The van der Waals surface area contributed by atoms with Gasteiger partial charge in [0.2, 0.25) is 0 Å². The quantitative estimate of drug-likeness (QED) is 0.301. The van der Waals surface area contributed by atoms with Gasteiger partial charge >= 0.3 is 0 Å². The van der Waals surface area contributed by atoms with Crippen LogP contribution >= 0.6 is 11.6 Å². The minimum absolute atomic E-state index is 0.249. The summed E-state index contributed by atoms with van der Waals surface area (Å²) in [7, 11) is 1.67. The number of β-amino-alcohol motifs (C(OH)–C–C–N with tert-alkyl or cyclic N) is 1. The Bertz CT molecular complexity index is 1190. The monoisotopic (exact) mass is 541 g/mol. The van der Waals surface area contributed by atoms with Crippen molar-refractivity contribution in [3.05, 3.63) is 70.3 Å². The Balaban J connectivity index is 1.30. The number of likely N-dealkylation sites (tertiary alicyclic amines) is 1. The van der Waals surface area contributed by atoms with E-state index in [0.29, 0.717) is 19.6 Å². The summed E-state index contributed by atoms with van der Waals surface area (Å²) in [5.74, 6) is 3.31. The fourth-order valence-corrected chi connectivity index (χ4v) is 5.24. The highest BCUT2D eigenvalue weighted by molar-refractivity contribution is 6.32. The van der Waals surface area contributed by atoms with E-state index in [-0.39, 0.29) is 6.61 Å². The minimum Gasteiger partial charge on any atom is -0.493 e. The van der Waals surface area contributed by atoms with Crippen LogP contribution in [0.25, 0.3) is 0 Å². The van der Waals surface area contributed by atoms with Crippen molar-refractivity contribution >= 4 is 11.6 Å². The van der Waals surface area contributed by atoms with Gasteiger partial charge in [-0.25, -0.2) is 4.98 Å². The molecule has 0 saturated carbocycles. The Kier molecular flexibility index (Phi) is 9.58. The lowest BCUT2D eigenvalue weighted by molar-refractivity contribution is -0.0621. The van der Waals surface area contributed by atoms with E-state index in [1.165, 1.54) is 0 Å². The summed E-state index contributed by atoms with van der Waals surface area (Å²) in [4.78, 5) is 6.64. The molecular weight excluding hydrogens is 502 g/mol. The molecule has 1 aliphatic heterocycles. The molecule has 4 rings (SSSR count). The van der Waals surface area contributed by atoms with Crippen molar-refractivity contribution in [2.45, 2.75) is 65.1 Å². The first-order valence-corrected chi connectivity index (χ1v) is 13.8. The van der Waals surface area contributed by atoms with E-state index in [0.717, 1.165) is 83.7 Å². The molecule has 2 heterocycles. The number of halogens is 1. The smallest absolute Gasteiger partial charge is 0.161 e. The van der Waals surface area contributed by atoms with Gasteiger partial charge in [0, 0.05) is 43.5 Å². The number of aliphatic hydroxyl groups is 1. The van der Waals surface area contributed by atoms with Gasteiger partial charge in [0.05, 0.1) is 13.7 Å². The molecule has 1 fully saturated rings. The summed E-state index contributed by atoms with van der Waals surface area (Å²) >= 11 is 6.28. The number of rotatable bonds is 12. The van der Waals surface area contributed by atoms with Crippen LogP contribution in [0.5, 0.6) is 17.2 Å². The molecule has 206 valence electrons. The SMILES string of the molecule is CCc1nccn1CCCOc1ccc(CN2CCCC(O)(COc3cc(C)c(Cl)c(C)c3)C2)cc1OC. The highest BCUT2D eigenvalue weighted by atomic mass is 35.5. The van der Waals surface area contributed by atoms with Crippen molar-refractivity contribution in [1.82, 2.24) is 14.5 Å². The molecule has 1 aliphatic rings. The van der Waals surface area contributed by atoms with E-state index in [4.69, 9.17) is 25.8 Å². The van der Waals surface area contributed by atoms with Gasteiger partial charge in [0.1, 0.15) is 23.8 Å². The first-order valence-electron chi connectivity index (χ1n) is 13.4. The number of imidazole rings is 1. The van der Waals surface area contributed by atoms with Crippen LogP contribution in [0, 0.1) is 13.8 Å². The zero-order valence-electron chi connectivity index (χ0n) is 23.0. The van der Waals surface area contributed by atoms with Crippen molar-refractivity contribution in [3.8, 4) is 17.2 Å². The molecule has 2 aromatic carbocycles. The first-order chi connectivity index (χ1) is 18.3. The van der Waals surface area contributed by atoms with Gasteiger partial charge in [-0.05, 0) is 80.6 Å². The Morgan fingerprint density at radius 3 is 2.63 bits per heavy atom. The second-order valence-corrected chi connectivity index (χ2v) is 10.7. The number of methoxy groups -OCH3 is 1. The summed E-state index contributed by atoms with van der Waals surface area (Å²) in [6, 6.07) is 9.94. The molecule has 0 amide bonds. The minimum atomic E-state index is -0.903. The van der Waals surface area contributed by atoms with Crippen LogP contribution in [0.1, 0.15) is 48.7 Å². The number of aromatic nitrogens is 2. The zero-order valence-corrected chi connectivity index (χ0v) is 23.8. The van der Waals surface area contributed by atoms with Crippen LogP contribution in [-0.2, 0) is 19.5 Å². The summed E-state index contributed by atoms with van der Waals surface area (Å²) < 4.78 is 19.9. The van der Waals surface area contributed by atoms with E-state index in [2.05, 4.69) is 27.4 Å². The predicted molar refractivity (Wildman–Crippen MR) is 151 cm³/mol. The molecule has 1 saturated heterocycles. The van der Waals surface area contributed by atoms with Crippen LogP contribution in [0.3, 0.4) is 0 Å². The van der Waals surface area contributed by atoms with Crippen molar-refractivity contribution in [1.29, 1.82) is 0 Å². The Morgan fingerprint density at radius 2 is 1.89 bits per heavy atom. The van der Waals surface area contributed by atoms with Crippen LogP contribution in [-0.4, -0.2) is 58.6 Å². The molecule has 3 aromatic rings. The number of nitrogens with zero attached hydrogens (tertiary/aromatic N) is 3. The van der Waals surface area contributed by atoms with Crippen molar-refractivity contribution in [2.24, 2.45) is 0 Å². The highest BCUT2D eigenvalue weighted by Crippen LogP contribution is 2.31. The van der Waals surface area contributed by atoms with E-state index in [1.807, 2.05) is 50.5 Å². The average Bonchev–Trinajstić information content (AvgIpc) is 3.36.